The maximum Gasteiger partial charge on any atom is 0.409 e. The molecule has 2 N–H and O–H groups in total. The first kappa shape index (κ1) is 13.8. The second-order valence-corrected chi connectivity index (χ2v) is 4.99. The van der Waals surface area contributed by atoms with Crippen LogP contribution in [0.3, 0.4) is 0 Å². The molecule has 1 aromatic carbocycles. The second kappa shape index (κ2) is 5.57. The molecule has 0 bridgehead atoms. The van der Waals surface area contributed by atoms with Gasteiger partial charge in [0.15, 0.2) is 0 Å². The first-order chi connectivity index (χ1) is 9.05. The Morgan fingerprint density at radius 2 is 2.05 bits per heavy atom. The number of carbonyl (C=O) groups excluding carboxylic acids is 1. The lowest BCUT2D eigenvalue weighted by molar-refractivity contribution is 0.0385. The largest absolute Gasteiger partial charge is 0.449 e. The second-order valence-electron chi connectivity index (χ2n) is 4.99. The van der Waals surface area contributed by atoms with Crippen LogP contribution < -0.4 is 5.73 Å². The highest BCUT2D eigenvalue weighted by Crippen LogP contribution is 2.29. The summed E-state index contributed by atoms with van der Waals surface area (Å²) in [6.07, 6.45) is 1.53. The summed E-state index contributed by atoms with van der Waals surface area (Å²) in [5, 5.41) is 0. The highest BCUT2D eigenvalue weighted by atomic mass is 19.1. The van der Waals surface area contributed by atoms with Gasteiger partial charge in [-0.15, -0.1) is 0 Å². The molecule has 0 spiro atoms. The Morgan fingerprint density at radius 3 is 2.63 bits per heavy atom. The number of rotatable bonds is 4. The first-order valence-corrected chi connectivity index (χ1v) is 6.52. The molecular weight excluding hydrogens is 247 g/mol. The minimum absolute atomic E-state index is 0.289. The molecule has 1 aliphatic rings. The van der Waals surface area contributed by atoms with Crippen LogP contribution in [0.5, 0.6) is 0 Å². The zero-order valence-electron chi connectivity index (χ0n) is 11.1. The van der Waals surface area contributed by atoms with Crippen LogP contribution in [0.1, 0.15) is 25.3 Å². The van der Waals surface area contributed by atoms with Gasteiger partial charge in [0.05, 0.1) is 12.1 Å². The molecule has 5 heteroatoms. The highest BCUT2D eigenvalue weighted by molar-refractivity contribution is 5.69. The Morgan fingerprint density at radius 1 is 1.42 bits per heavy atom. The van der Waals surface area contributed by atoms with Gasteiger partial charge in [0.2, 0.25) is 0 Å². The molecule has 0 aromatic heterocycles. The topological polar surface area (TPSA) is 55.6 Å². The van der Waals surface area contributed by atoms with Gasteiger partial charge in [-0.1, -0.05) is 25.5 Å². The SMILES string of the molecule is CCCCOC(=O)N1CC(N)(c2ccc(F)cc2)C1. The zero-order chi connectivity index (χ0) is 13.9. The molecule has 2 rings (SSSR count). The number of hydrogen-bond donors (Lipinski definition) is 1. The van der Waals surface area contributed by atoms with E-state index in [0.717, 1.165) is 18.4 Å². The predicted molar refractivity (Wildman–Crippen MR) is 70.1 cm³/mol. The average Bonchev–Trinajstić information content (AvgIpc) is 2.36. The van der Waals surface area contributed by atoms with E-state index in [2.05, 4.69) is 0 Å². The summed E-state index contributed by atoms with van der Waals surface area (Å²) in [7, 11) is 0. The van der Waals surface area contributed by atoms with Gasteiger partial charge in [-0.3, -0.25) is 0 Å². The number of amides is 1. The van der Waals surface area contributed by atoms with Crippen molar-refractivity contribution in [3.8, 4) is 0 Å². The Hall–Kier alpha value is -1.62. The molecule has 104 valence electrons. The molecule has 1 aliphatic heterocycles. The van der Waals surface area contributed by atoms with Crippen LogP contribution in [0.2, 0.25) is 0 Å². The van der Waals surface area contributed by atoms with E-state index in [-0.39, 0.29) is 11.9 Å². The van der Waals surface area contributed by atoms with E-state index < -0.39 is 5.54 Å². The van der Waals surface area contributed by atoms with Gasteiger partial charge >= 0.3 is 6.09 Å². The fraction of sp³-hybridized carbons (Fsp3) is 0.500. The monoisotopic (exact) mass is 266 g/mol. The van der Waals surface area contributed by atoms with Crippen LogP contribution in [-0.2, 0) is 10.3 Å². The number of carbonyl (C=O) groups is 1. The summed E-state index contributed by atoms with van der Waals surface area (Å²) in [6, 6.07) is 6.09. The van der Waals surface area contributed by atoms with Crippen LogP contribution in [-0.4, -0.2) is 30.7 Å². The molecule has 1 fully saturated rings. The van der Waals surface area contributed by atoms with Crippen LogP contribution in [0.4, 0.5) is 9.18 Å². The smallest absolute Gasteiger partial charge is 0.409 e. The predicted octanol–water partition coefficient (Wildman–Crippen LogP) is 2.23. The molecule has 1 saturated heterocycles. The fourth-order valence-electron chi connectivity index (χ4n) is 2.12. The summed E-state index contributed by atoms with van der Waals surface area (Å²) < 4.78 is 18.0. The van der Waals surface area contributed by atoms with Gasteiger partial charge in [-0.05, 0) is 24.1 Å². The number of benzene rings is 1. The fourth-order valence-corrected chi connectivity index (χ4v) is 2.12. The van der Waals surface area contributed by atoms with Crippen molar-refractivity contribution in [2.75, 3.05) is 19.7 Å². The lowest BCUT2D eigenvalue weighted by atomic mass is 9.84. The van der Waals surface area contributed by atoms with Crippen molar-refractivity contribution in [2.24, 2.45) is 5.73 Å². The van der Waals surface area contributed by atoms with E-state index in [4.69, 9.17) is 10.5 Å². The summed E-state index contributed by atoms with van der Waals surface area (Å²) in [5.74, 6) is -0.289. The van der Waals surface area contributed by atoms with Crippen LogP contribution >= 0.6 is 0 Å². The van der Waals surface area contributed by atoms with Crippen LogP contribution in [0.25, 0.3) is 0 Å². The maximum atomic E-state index is 12.8. The average molecular weight is 266 g/mol. The Labute approximate surface area is 112 Å². The molecule has 0 radical (unpaired) electrons. The molecular formula is C14H19FN2O2. The number of nitrogens with zero attached hydrogens (tertiary/aromatic N) is 1. The summed E-state index contributed by atoms with van der Waals surface area (Å²) >= 11 is 0. The van der Waals surface area contributed by atoms with Crippen LogP contribution in [0, 0.1) is 5.82 Å². The van der Waals surface area contributed by atoms with Gasteiger partial charge in [-0.25, -0.2) is 9.18 Å². The number of halogens is 1. The van der Waals surface area contributed by atoms with E-state index >= 15 is 0 Å². The number of ether oxygens (including phenoxy) is 1. The van der Waals surface area contributed by atoms with Crippen molar-refractivity contribution in [1.29, 1.82) is 0 Å². The van der Waals surface area contributed by atoms with Gasteiger partial charge in [-0.2, -0.15) is 0 Å². The molecule has 1 aromatic rings. The maximum absolute atomic E-state index is 12.8. The molecule has 1 amide bonds. The molecule has 0 atom stereocenters. The summed E-state index contributed by atoms with van der Waals surface area (Å²) in [6.45, 7) is 3.30. The minimum atomic E-state index is -0.586. The number of unbranched alkanes of at least 4 members (excludes halogenated alkanes) is 1. The Bertz CT molecular complexity index is 441. The van der Waals surface area contributed by atoms with Crippen molar-refractivity contribution in [2.45, 2.75) is 25.3 Å². The van der Waals surface area contributed by atoms with Crippen molar-refractivity contribution in [3.05, 3.63) is 35.6 Å². The Balaban J connectivity index is 1.87. The van der Waals surface area contributed by atoms with Gasteiger partial charge in [0.25, 0.3) is 0 Å². The summed E-state index contributed by atoms with van der Waals surface area (Å²) in [5.41, 5.74) is 6.44. The summed E-state index contributed by atoms with van der Waals surface area (Å²) in [4.78, 5) is 13.2. The van der Waals surface area contributed by atoms with Crippen molar-refractivity contribution in [3.63, 3.8) is 0 Å². The van der Waals surface area contributed by atoms with E-state index in [1.165, 1.54) is 12.1 Å². The normalized spacial score (nSPS) is 16.9. The van der Waals surface area contributed by atoms with Crippen LogP contribution in [0.15, 0.2) is 24.3 Å². The van der Waals surface area contributed by atoms with E-state index in [1.807, 2.05) is 6.92 Å². The highest BCUT2D eigenvalue weighted by Gasteiger charge is 2.44. The van der Waals surface area contributed by atoms with E-state index in [0.29, 0.717) is 19.7 Å². The lowest BCUT2D eigenvalue weighted by Gasteiger charge is -2.47. The standard InChI is InChI=1S/C14H19FN2O2/c1-2-3-8-19-13(18)17-9-14(16,10-17)11-4-6-12(15)7-5-11/h4-7H,2-3,8-10,16H2,1H3. The number of hydrogen-bond acceptors (Lipinski definition) is 3. The zero-order valence-corrected chi connectivity index (χ0v) is 11.1. The molecule has 19 heavy (non-hydrogen) atoms. The quantitative estimate of drug-likeness (QED) is 0.850. The van der Waals surface area contributed by atoms with E-state index in [9.17, 15) is 9.18 Å². The molecule has 1 heterocycles. The Kier molecular flexibility index (Phi) is 4.04. The third kappa shape index (κ3) is 3.04. The molecule has 4 nitrogen and oxygen atoms in total. The molecule has 0 unspecified atom stereocenters. The third-order valence-corrected chi connectivity index (χ3v) is 3.35. The third-order valence-electron chi connectivity index (χ3n) is 3.35. The lowest BCUT2D eigenvalue weighted by Crippen LogP contribution is -2.66. The molecule has 0 aliphatic carbocycles. The van der Waals surface area contributed by atoms with Gasteiger partial charge in [0, 0.05) is 13.1 Å². The van der Waals surface area contributed by atoms with Gasteiger partial charge < -0.3 is 15.4 Å². The number of nitrogens with two attached hydrogens (primary N) is 1. The van der Waals surface area contributed by atoms with Gasteiger partial charge in [0.1, 0.15) is 5.82 Å². The minimum Gasteiger partial charge on any atom is -0.449 e. The number of likely N-dealkylation sites (tertiary alicyclic amines) is 1. The van der Waals surface area contributed by atoms with Crippen molar-refractivity contribution in [1.82, 2.24) is 4.90 Å². The van der Waals surface area contributed by atoms with Crippen molar-refractivity contribution >= 4 is 6.09 Å². The first-order valence-electron chi connectivity index (χ1n) is 6.52. The van der Waals surface area contributed by atoms with Crippen molar-refractivity contribution < 1.29 is 13.9 Å². The molecule has 0 saturated carbocycles. The van der Waals surface area contributed by atoms with E-state index in [1.54, 1.807) is 17.0 Å².